The molecule has 0 fully saturated rings. The minimum atomic E-state index is -0.624. The summed E-state index contributed by atoms with van der Waals surface area (Å²) in [6.07, 6.45) is 2.93. The molecule has 0 saturated carbocycles. The van der Waals surface area contributed by atoms with E-state index in [1.165, 1.54) is 0 Å². The maximum Gasteiger partial charge on any atom is 0.408 e. The molecule has 1 atom stereocenters. The summed E-state index contributed by atoms with van der Waals surface area (Å²) in [4.78, 5) is 46.9. The second kappa shape index (κ2) is 14.5. The lowest BCUT2D eigenvalue weighted by Gasteiger charge is -2.20. The molecule has 0 aliphatic heterocycles. The first-order valence-corrected chi connectivity index (χ1v) is 11.2. The van der Waals surface area contributed by atoms with Crippen LogP contribution in [0.25, 0.3) is 0 Å². The highest BCUT2D eigenvalue weighted by Crippen LogP contribution is 2.08. The maximum absolute atomic E-state index is 12.0. The van der Waals surface area contributed by atoms with E-state index < -0.39 is 23.4 Å². The van der Waals surface area contributed by atoms with Gasteiger partial charge in [-0.05, 0) is 60.8 Å². The van der Waals surface area contributed by atoms with Gasteiger partial charge in [-0.25, -0.2) is 9.59 Å². The summed E-state index contributed by atoms with van der Waals surface area (Å²) in [6.45, 7) is 12.8. The largest absolute Gasteiger partial charge is 0.444 e. The highest BCUT2D eigenvalue weighted by Gasteiger charge is 2.18. The number of ether oxygens (including phenoxy) is 2. The standard InChI is InChI=1S/C22H42N4O6/c1-8-16(26-18(28)15-25-20(30)32-22(5,6)7)12-10-9-11-13-23-17(27)14-24-19(29)31-21(2,3)4/h16H,8-15H2,1-7H3,(H,23,27)(H,24,29)(H,25,30)(H,26,28)/t16-/m1/s1. The lowest BCUT2D eigenvalue weighted by Crippen LogP contribution is -2.43. The van der Waals surface area contributed by atoms with E-state index in [0.29, 0.717) is 6.54 Å². The molecule has 10 nitrogen and oxygen atoms in total. The summed E-state index contributed by atoms with van der Waals surface area (Å²) in [5.41, 5.74) is -1.22. The second-order valence-electron chi connectivity index (χ2n) is 9.58. The molecule has 0 aromatic carbocycles. The lowest BCUT2D eigenvalue weighted by molar-refractivity contribution is -0.121. The number of hydrogen-bond acceptors (Lipinski definition) is 6. The highest BCUT2D eigenvalue weighted by atomic mass is 16.6. The number of rotatable bonds is 12. The first-order chi connectivity index (χ1) is 14.7. The topological polar surface area (TPSA) is 135 Å². The van der Waals surface area contributed by atoms with Gasteiger partial charge in [-0.2, -0.15) is 0 Å². The highest BCUT2D eigenvalue weighted by molar-refractivity contribution is 5.82. The van der Waals surface area contributed by atoms with E-state index >= 15 is 0 Å². The number of carbonyl (C=O) groups is 4. The summed E-state index contributed by atoms with van der Waals surface area (Å²) in [5.74, 6) is -0.528. The third-order valence-electron chi connectivity index (χ3n) is 3.99. The predicted molar refractivity (Wildman–Crippen MR) is 122 cm³/mol. The van der Waals surface area contributed by atoms with Crippen molar-refractivity contribution in [1.29, 1.82) is 0 Å². The van der Waals surface area contributed by atoms with Gasteiger partial charge in [-0.15, -0.1) is 0 Å². The van der Waals surface area contributed by atoms with Gasteiger partial charge in [0.15, 0.2) is 0 Å². The normalized spacial score (nSPS) is 12.3. The molecule has 0 bridgehead atoms. The summed E-state index contributed by atoms with van der Waals surface area (Å²) in [5, 5.41) is 10.5. The molecule has 10 heteroatoms. The molecule has 0 aliphatic carbocycles. The summed E-state index contributed by atoms with van der Waals surface area (Å²) < 4.78 is 10.2. The van der Waals surface area contributed by atoms with Crippen LogP contribution < -0.4 is 21.3 Å². The molecule has 0 rings (SSSR count). The fourth-order valence-electron chi connectivity index (χ4n) is 2.57. The Balaban J connectivity index is 3.89. The smallest absolute Gasteiger partial charge is 0.408 e. The Labute approximate surface area is 191 Å². The fraction of sp³-hybridized carbons (Fsp3) is 0.818. The number of hydrogen-bond donors (Lipinski definition) is 4. The van der Waals surface area contributed by atoms with Gasteiger partial charge < -0.3 is 30.7 Å². The molecule has 186 valence electrons. The van der Waals surface area contributed by atoms with Gasteiger partial charge in [0.25, 0.3) is 0 Å². The van der Waals surface area contributed by atoms with Crippen molar-refractivity contribution in [3.63, 3.8) is 0 Å². The van der Waals surface area contributed by atoms with Gasteiger partial charge in [0, 0.05) is 12.6 Å². The SMILES string of the molecule is CC[C@H](CCCCCNC(=O)CNC(=O)OC(C)(C)C)NC(=O)CNC(=O)OC(C)(C)C. The van der Waals surface area contributed by atoms with Crippen LogP contribution in [0.5, 0.6) is 0 Å². The van der Waals surface area contributed by atoms with E-state index in [4.69, 9.17) is 9.47 Å². The molecule has 0 aliphatic rings. The fourth-order valence-corrected chi connectivity index (χ4v) is 2.57. The minimum Gasteiger partial charge on any atom is -0.444 e. The molecule has 0 spiro atoms. The van der Waals surface area contributed by atoms with Gasteiger partial charge in [0.2, 0.25) is 11.8 Å². The molecular weight excluding hydrogens is 416 g/mol. The maximum atomic E-state index is 12.0. The zero-order chi connectivity index (χ0) is 24.8. The third kappa shape index (κ3) is 18.3. The van der Waals surface area contributed by atoms with Crippen LogP contribution in [-0.4, -0.2) is 60.9 Å². The number of unbranched alkanes of at least 4 members (excludes halogenated alkanes) is 2. The first kappa shape index (κ1) is 29.5. The quantitative estimate of drug-likeness (QED) is 0.332. The van der Waals surface area contributed by atoms with Gasteiger partial charge in [0.05, 0.1) is 6.54 Å². The number of alkyl carbamates (subject to hydrolysis) is 2. The van der Waals surface area contributed by atoms with Crippen molar-refractivity contribution < 1.29 is 28.7 Å². The second-order valence-corrected chi connectivity index (χ2v) is 9.58. The van der Waals surface area contributed by atoms with Crippen LogP contribution in [-0.2, 0) is 19.1 Å². The third-order valence-corrected chi connectivity index (χ3v) is 3.99. The van der Waals surface area contributed by atoms with E-state index in [0.717, 1.165) is 32.1 Å². The molecule has 32 heavy (non-hydrogen) atoms. The molecular formula is C22H42N4O6. The van der Waals surface area contributed by atoms with E-state index in [2.05, 4.69) is 21.3 Å². The van der Waals surface area contributed by atoms with Crippen LogP contribution >= 0.6 is 0 Å². The molecule has 4 amide bonds. The Bertz CT molecular complexity index is 611. The molecule has 4 N–H and O–H groups in total. The predicted octanol–water partition coefficient (Wildman–Crippen LogP) is 2.61. The number of nitrogens with one attached hydrogen (secondary N) is 4. The minimum absolute atomic E-state index is 0.0237. The molecule has 0 heterocycles. The number of carbonyl (C=O) groups excluding carboxylic acids is 4. The Morgan fingerprint density at radius 3 is 1.69 bits per heavy atom. The van der Waals surface area contributed by atoms with E-state index in [1.807, 2.05) is 6.92 Å². The Morgan fingerprint density at radius 2 is 1.22 bits per heavy atom. The van der Waals surface area contributed by atoms with Gasteiger partial charge in [-0.1, -0.05) is 19.8 Å². The van der Waals surface area contributed by atoms with Crippen LogP contribution in [0.15, 0.2) is 0 Å². The average molecular weight is 459 g/mol. The van der Waals surface area contributed by atoms with E-state index in [1.54, 1.807) is 41.5 Å². The van der Waals surface area contributed by atoms with Crippen molar-refractivity contribution in [3.05, 3.63) is 0 Å². The van der Waals surface area contributed by atoms with Crippen molar-refractivity contribution in [1.82, 2.24) is 21.3 Å². The summed E-state index contributed by atoms with van der Waals surface area (Å²) in [7, 11) is 0. The van der Waals surface area contributed by atoms with Gasteiger partial charge in [-0.3, -0.25) is 9.59 Å². The summed E-state index contributed by atoms with van der Waals surface area (Å²) in [6, 6.07) is 0.0237. The molecule has 0 unspecified atom stereocenters. The van der Waals surface area contributed by atoms with Crippen molar-refractivity contribution in [2.75, 3.05) is 19.6 Å². The molecule has 0 aromatic heterocycles. The Hall–Kier alpha value is -2.52. The van der Waals surface area contributed by atoms with Crippen LogP contribution in [0.3, 0.4) is 0 Å². The van der Waals surface area contributed by atoms with Crippen LogP contribution in [0, 0.1) is 0 Å². The Morgan fingerprint density at radius 1 is 0.719 bits per heavy atom. The molecule has 0 aromatic rings. The zero-order valence-corrected chi connectivity index (χ0v) is 20.7. The Kier molecular flexibility index (Phi) is 13.4. The van der Waals surface area contributed by atoms with E-state index in [-0.39, 0.29) is 30.9 Å². The zero-order valence-electron chi connectivity index (χ0n) is 20.7. The van der Waals surface area contributed by atoms with Crippen molar-refractivity contribution in [3.8, 4) is 0 Å². The van der Waals surface area contributed by atoms with Crippen molar-refractivity contribution in [2.45, 2.75) is 97.8 Å². The monoisotopic (exact) mass is 458 g/mol. The summed E-state index contributed by atoms with van der Waals surface area (Å²) >= 11 is 0. The molecule has 0 saturated heterocycles. The van der Waals surface area contributed by atoms with Gasteiger partial charge in [0.1, 0.15) is 17.7 Å². The van der Waals surface area contributed by atoms with Gasteiger partial charge >= 0.3 is 12.2 Å². The van der Waals surface area contributed by atoms with Crippen LogP contribution in [0.1, 0.15) is 80.6 Å². The van der Waals surface area contributed by atoms with E-state index in [9.17, 15) is 19.2 Å². The number of amides is 4. The average Bonchev–Trinajstić information content (AvgIpc) is 2.63. The lowest BCUT2D eigenvalue weighted by atomic mass is 10.1. The van der Waals surface area contributed by atoms with Crippen molar-refractivity contribution in [2.24, 2.45) is 0 Å². The van der Waals surface area contributed by atoms with Crippen LogP contribution in [0.4, 0.5) is 9.59 Å². The van der Waals surface area contributed by atoms with Crippen molar-refractivity contribution >= 4 is 24.0 Å². The first-order valence-electron chi connectivity index (χ1n) is 11.2. The van der Waals surface area contributed by atoms with Crippen LogP contribution in [0.2, 0.25) is 0 Å². The molecule has 0 radical (unpaired) electrons.